The van der Waals surface area contributed by atoms with Crippen LogP contribution in [0.4, 0.5) is 5.95 Å². The third-order valence-electron chi connectivity index (χ3n) is 4.05. The minimum atomic E-state index is -0.293. The molecular weight excluding hydrogens is 368 g/mol. The zero-order valence-electron chi connectivity index (χ0n) is 14.2. The van der Waals surface area contributed by atoms with E-state index in [0.717, 1.165) is 16.2 Å². The van der Waals surface area contributed by atoms with E-state index < -0.39 is 0 Å². The summed E-state index contributed by atoms with van der Waals surface area (Å²) in [5, 5.41) is 9.71. The van der Waals surface area contributed by atoms with Gasteiger partial charge in [0.25, 0.3) is 11.9 Å². The molecule has 1 N–H and O–H groups in total. The van der Waals surface area contributed by atoms with Gasteiger partial charge in [-0.1, -0.05) is 41.4 Å². The fraction of sp³-hybridized carbons (Fsp3) is 0.105. The van der Waals surface area contributed by atoms with Crippen LogP contribution in [0.15, 0.2) is 47.8 Å². The molecule has 0 aliphatic heterocycles. The average Bonchev–Trinajstić information content (AvgIpc) is 3.15. The molecule has 7 heteroatoms. The van der Waals surface area contributed by atoms with Crippen molar-refractivity contribution in [1.82, 2.24) is 14.6 Å². The van der Waals surface area contributed by atoms with E-state index in [0.29, 0.717) is 10.6 Å². The van der Waals surface area contributed by atoms with Gasteiger partial charge >= 0.3 is 0 Å². The van der Waals surface area contributed by atoms with E-state index in [4.69, 9.17) is 11.6 Å². The highest BCUT2D eigenvalue weighted by Gasteiger charge is 2.15. The van der Waals surface area contributed by atoms with Crippen LogP contribution in [0.25, 0.3) is 16.2 Å². The molecule has 0 fully saturated rings. The molecule has 0 bridgehead atoms. The van der Waals surface area contributed by atoms with Crippen molar-refractivity contribution in [2.75, 3.05) is 5.32 Å². The number of hydrogen-bond donors (Lipinski definition) is 1. The van der Waals surface area contributed by atoms with E-state index in [-0.39, 0.29) is 11.9 Å². The highest BCUT2D eigenvalue weighted by Crippen LogP contribution is 2.29. The zero-order valence-corrected chi connectivity index (χ0v) is 15.7. The van der Waals surface area contributed by atoms with Gasteiger partial charge in [-0.2, -0.15) is 4.98 Å². The molecule has 0 aliphatic rings. The van der Waals surface area contributed by atoms with Gasteiger partial charge in [-0.15, -0.1) is 16.4 Å². The van der Waals surface area contributed by atoms with Gasteiger partial charge in [-0.25, -0.2) is 4.52 Å². The van der Waals surface area contributed by atoms with E-state index >= 15 is 0 Å². The summed E-state index contributed by atoms with van der Waals surface area (Å²) >= 11 is 7.42. The summed E-state index contributed by atoms with van der Waals surface area (Å²) in [6, 6.07) is 13.0. The highest BCUT2D eigenvalue weighted by molar-refractivity contribution is 7.15. The number of carbonyl (C=O) groups excluding carboxylic acids is 1. The van der Waals surface area contributed by atoms with Crippen molar-refractivity contribution in [1.29, 1.82) is 0 Å². The van der Waals surface area contributed by atoms with Crippen molar-refractivity contribution in [3.8, 4) is 11.3 Å². The number of nitrogens with zero attached hydrogens (tertiary/aromatic N) is 3. The van der Waals surface area contributed by atoms with Gasteiger partial charge in [-0.05, 0) is 37.6 Å². The number of amides is 1. The molecule has 2 aromatic heterocycles. The monoisotopic (exact) mass is 382 g/mol. The Balaban J connectivity index is 1.67. The molecule has 0 saturated heterocycles. The topological polar surface area (TPSA) is 59.3 Å². The molecule has 130 valence electrons. The largest absolute Gasteiger partial charge is 0.289 e. The SMILES string of the molecule is Cc1ccc(-c2csc3nc(NC(=O)c4cccc(Cl)c4)nn23)c(C)c1. The number of halogens is 1. The first-order valence-corrected chi connectivity index (χ1v) is 9.26. The Morgan fingerprint density at radius 1 is 1.19 bits per heavy atom. The molecule has 4 aromatic rings. The van der Waals surface area contributed by atoms with Crippen molar-refractivity contribution in [3.63, 3.8) is 0 Å². The third-order valence-corrected chi connectivity index (χ3v) is 5.10. The second-order valence-corrected chi connectivity index (χ2v) is 7.31. The lowest BCUT2D eigenvalue weighted by atomic mass is 10.0. The van der Waals surface area contributed by atoms with Gasteiger partial charge in [0.2, 0.25) is 4.96 Å². The number of anilines is 1. The van der Waals surface area contributed by atoms with E-state index in [1.54, 1.807) is 28.8 Å². The van der Waals surface area contributed by atoms with Crippen molar-refractivity contribution < 1.29 is 4.79 Å². The summed E-state index contributed by atoms with van der Waals surface area (Å²) < 4.78 is 1.76. The van der Waals surface area contributed by atoms with Gasteiger partial charge in [0.05, 0.1) is 5.69 Å². The zero-order chi connectivity index (χ0) is 18.3. The van der Waals surface area contributed by atoms with Crippen LogP contribution in [0, 0.1) is 13.8 Å². The van der Waals surface area contributed by atoms with Crippen molar-refractivity contribution >= 4 is 39.8 Å². The lowest BCUT2D eigenvalue weighted by molar-refractivity contribution is 0.102. The van der Waals surface area contributed by atoms with Gasteiger partial charge in [-0.3, -0.25) is 10.1 Å². The minimum absolute atomic E-state index is 0.271. The maximum absolute atomic E-state index is 12.4. The summed E-state index contributed by atoms with van der Waals surface area (Å²) in [4.78, 5) is 17.5. The molecule has 0 spiro atoms. The van der Waals surface area contributed by atoms with Crippen LogP contribution in [-0.4, -0.2) is 20.5 Å². The highest BCUT2D eigenvalue weighted by atomic mass is 35.5. The Labute approximate surface area is 159 Å². The molecule has 0 radical (unpaired) electrons. The summed E-state index contributed by atoms with van der Waals surface area (Å²) in [7, 11) is 0. The van der Waals surface area contributed by atoms with Crippen LogP contribution in [-0.2, 0) is 0 Å². The van der Waals surface area contributed by atoms with Crippen molar-refractivity contribution in [3.05, 3.63) is 69.6 Å². The van der Waals surface area contributed by atoms with Crippen molar-refractivity contribution in [2.45, 2.75) is 13.8 Å². The fourth-order valence-electron chi connectivity index (χ4n) is 2.82. The molecule has 0 aliphatic carbocycles. The third kappa shape index (κ3) is 3.09. The number of carbonyl (C=O) groups is 1. The Morgan fingerprint density at radius 3 is 2.81 bits per heavy atom. The Kier molecular flexibility index (Phi) is 4.22. The second-order valence-electron chi connectivity index (χ2n) is 6.03. The lowest BCUT2D eigenvalue weighted by Crippen LogP contribution is -2.13. The number of rotatable bonds is 3. The molecule has 0 atom stereocenters. The summed E-state index contributed by atoms with van der Waals surface area (Å²) in [6.07, 6.45) is 0. The molecule has 5 nitrogen and oxygen atoms in total. The summed E-state index contributed by atoms with van der Waals surface area (Å²) in [5.74, 6) is -0.0216. The molecular formula is C19H15ClN4OS. The van der Waals surface area contributed by atoms with Crippen LogP contribution in [0.2, 0.25) is 5.02 Å². The predicted molar refractivity (Wildman–Crippen MR) is 105 cm³/mol. The van der Waals surface area contributed by atoms with Crippen LogP contribution in [0.3, 0.4) is 0 Å². The van der Waals surface area contributed by atoms with E-state index in [2.05, 4.69) is 47.4 Å². The van der Waals surface area contributed by atoms with Crippen LogP contribution >= 0.6 is 22.9 Å². The normalized spacial score (nSPS) is 11.0. The quantitative estimate of drug-likeness (QED) is 0.543. The Bertz CT molecular complexity index is 1130. The van der Waals surface area contributed by atoms with Crippen molar-refractivity contribution in [2.24, 2.45) is 0 Å². The number of aromatic nitrogens is 3. The first-order valence-electron chi connectivity index (χ1n) is 8.00. The fourth-order valence-corrected chi connectivity index (χ4v) is 3.84. The van der Waals surface area contributed by atoms with Crippen LogP contribution in [0.5, 0.6) is 0 Å². The maximum Gasteiger partial charge on any atom is 0.258 e. The predicted octanol–water partition coefficient (Wildman–Crippen LogP) is 4.98. The molecule has 2 aromatic carbocycles. The summed E-state index contributed by atoms with van der Waals surface area (Å²) in [6.45, 7) is 4.14. The van der Waals surface area contributed by atoms with E-state index in [1.807, 2.05) is 5.38 Å². The number of hydrogen-bond acceptors (Lipinski definition) is 4. The number of nitrogens with one attached hydrogen (secondary N) is 1. The standard InChI is InChI=1S/C19H15ClN4OS/c1-11-6-7-15(12(2)8-11)16-10-26-19-22-18(23-24(16)19)21-17(25)13-4-3-5-14(20)9-13/h3-10H,1-2H3,(H,21,23,25). The van der Waals surface area contributed by atoms with Crippen LogP contribution < -0.4 is 5.32 Å². The maximum atomic E-state index is 12.4. The smallest absolute Gasteiger partial charge is 0.258 e. The number of benzene rings is 2. The molecule has 4 rings (SSSR count). The van der Waals surface area contributed by atoms with Gasteiger partial charge in [0.15, 0.2) is 0 Å². The van der Waals surface area contributed by atoms with Gasteiger partial charge in [0.1, 0.15) is 0 Å². The molecule has 26 heavy (non-hydrogen) atoms. The Hall–Kier alpha value is -2.70. The van der Waals surface area contributed by atoms with E-state index in [9.17, 15) is 4.79 Å². The molecule has 2 heterocycles. The van der Waals surface area contributed by atoms with E-state index in [1.165, 1.54) is 22.5 Å². The van der Waals surface area contributed by atoms with Gasteiger partial charge in [0, 0.05) is 21.5 Å². The minimum Gasteiger partial charge on any atom is -0.289 e. The first kappa shape index (κ1) is 16.8. The molecule has 1 amide bonds. The number of thiazole rings is 1. The number of fused-ring (bicyclic) bond motifs is 1. The Morgan fingerprint density at radius 2 is 2.04 bits per heavy atom. The number of aryl methyl sites for hydroxylation is 2. The second kappa shape index (κ2) is 6.55. The molecule has 0 unspecified atom stereocenters. The lowest BCUT2D eigenvalue weighted by Gasteiger charge is -2.05. The summed E-state index contributed by atoms with van der Waals surface area (Å²) in [5.41, 5.74) is 4.90. The average molecular weight is 383 g/mol. The van der Waals surface area contributed by atoms with Gasteiger partial charge < -0.3 is 0 Å². The van der Waals surface area contributed by atoms with Crippen LogP contribution in [0.1, 0.15) is 21.5 Å². The molecule has 0 saturated carbocycles. The first-order chi connectivity index (χ1) is 12.5.